The van der Waals surface area contributed by atoms with E-state index in [4.69, 9.17) is 5.11 Å². The molecule has 18 heavy (non-hydrogen) atoms. The van der Waals surface area contributed by atoms with E-state index in [-0.39, 0.29) is 0 Å². The van der Waals surface area contributed by atoms with E-state index in [1.54, 1.807) is 22.6 Å². The number of carbonyl (C=O) groups excluding carboxylic acids is 1. The highest BCUT2D eigenvalue weighted by molar-refractivity contribution is 14.1. The molecule has 8 heteroatoms. The van der Waals surface area contributed by atoms with Gasteiger partial charge in [-0.15, -0.1) is 0 Å². The van der Waals surface area contributed by atoms with Crippen LogP contribution in [0, 0.1) is 9.39 Å². The minimum atomic E-state index is -4.20. The fourth-order valence-electron chi connectivity index (χ4n) is 0.951. The molecule has 4 nitrogen and oxygen atoms in total. The fourth-order valence-corrected chi connectivity index (χ4v) is 1.40. The second-order valence-electron chi connectivity index (χ2n) is 3.21. The summed E-state index contributed by atoms with van der Waals surface area (Å²) < 4.78 is 43.1. The second kappa shape index (κ2) is 5.55. The molecule has 0 saturated heterocycles. The van der Waals surface area contributed by atoms with Crippen molar-refractivity contribution in [2.75, 3.05) is 6.61 Å². The molecule has 1 rings (SSSR count). The molecular weight excluding hydrogens is 368 g/mol. The van der Waals surface area contributed by atoms with Crippen molar-refractivity contribution in [3.63, 3.8) is 0 Å². The number of esters is 1. The highest BCUT2D eigenvalue weighted by Crippen LogP contribution is 2.17. The lowest BCUT2D eigenvalue weighted by atomic mass is 10.2. The van der Waals surface area contributed by atoms with Gasteiger partial charge in [-0.1, -0.05) is 0 Å². The molecule has 1 aromatic carbocycles. The van der Waals surface area contributed by atoms with Crippen molar-refractivity contribution in [1.29, 1.82) is 0 Å². The van der Waals surface area contributed by atoms with Gasteiger partial charge >= 0.3 is 17.9 Å². The van der Waals surface area contributed by atoms with E-state index < -0.39 is 35.8 Å². The van der Waals surface area contributed by atoms with Crippen LogP contribution in [-0.2, 0) is 9.53 Å². The molecule has 0 fully saturated rings. The number of aliphatic carboxylic acids is 1. The number of alkyl halides is 2. The van der Waals surface area contributed by atoms with Crippen molar-refractivity contribution < 1.29 is 32.6 Å². The zero-order valence-corrected chi connectivity index (χ0v) is 10.8. The molecule has 0 aliphatic carbocycles. The van der Waals surface area contributed by atoms with Crippen LogP contribution in [0.25, 0.3) is 0 Å². The molecule has 1 aromatic rings. The summed E-state index contributed by atoms with van der Waals surface area (Å²) in [6.45, 7) is -1.65. The number of hydrogen-bond donors (Lipinski definition) is 1. The van der Waals surface area contributed by atoms with Crippen LogP contribution in [0.4, 0.5) is 13.2 Å². The van der Waals surface area contributed by atoms with Gasteiger partial charge in [-0.2, -0.15) is 8.78 Å². The Morgan fingerprint density at radius 2 is 2.00 bits per heavy atom. The normalized spacial score (nSPS) is 11.1. The summed E-state index contributed by atoms with van der Waals surface area (Å²) in [5, 5.41) is 8.10. The number of carbonyl (C=O) groups is 2. The summed E-state index contributed by atoms with van der Waals surface area (Å²) in [5.41, 5.74) is -0.531. The zero-order valence-electron chi connectivity index (χ0n) is 8.62. The van der Waals surface area contributed by atoms with E-state index in [1.807, 2.05) is 0 Å². The molecule has 0 heterocycles. The van der Waals surface area contributed by atoms with Gasteiger partial charge in [-0.05, 0) is 40.8 Å². The molecule has 0 aliphatic heterocycles. The van der Waals surface area contributed by atoms with Crippen LogP contribution < -0.4 is 0 Å². The number of carboxylic acids is 1. The van der Waals surface area contributed by atoms with Crippen molar-refractivity contribution >= 4 is 34.5 Å². The van der Waals surface area contributed by atoms with Crippen LogP contribution in [0.15, 0.2) is 18.2 Å². The van der Waals surface area contributed by atoms with Gasteiger partial charge in [0.2, 0.25) is 0 Å². The molecule has 0 bridgehead atoms. The van der Waals surface area contributed by atoms with Crippen LogP contribution in [0.2, 0.25) is 0 Å². The number of benzene rings is 1. The first kappa shape index (κ1) is 14.7. The van der Waals surface area contributed by atoms with Gasteiger partial charge in [0, 0.05) is 3.57 Å². The predicted molar refractivity (Wildman–Crippen MR) is 62.0 cm³/mol. The smallest absolute Gasteiger partial charge is 0.378 e. The van der Waals surface area contributed by atoms with Gasteiger partial charge in [0.05, 0.1) is 5.56 Å². The average molecular weight is 374 g/mol. The SMILES string of the molecule is O=C(OCC(F)(F)C(=O)O)c1ccc(I)cc1F. The largest absolute Gasteiger partial charge is 0.477 e. The van der Waals surface area contributed by atoms with E-state index in [0.29, 0.717) is 3.57 Å². The molecule has 0 atom stereocenters. The van der Waals surface area contributed by atoms with Crippen molar-refractivity contribution in [3.05, 3.63) is 33.1 Å². The molecule has 0 amide bonds. The van der Waals surface area contributed by atoms with Crippen LogP contribution in [0.3, 0.4) is 0 Å². The van der Waals surface area contributed by atoms with Gasteiger partial charge in [0.1, 0.15) is 5.82 Å². The molecule has 0 aliphatic rings. The second-order valence-corrected chi connectivity index (χ2v) is 4.46. The third-order valence-electron chi connectivity index (χ3n) is 1.85. The van der Waals surface area contributed by atoms with E-state index in [2.05, 4.69) is 4.74 Å². The van der Waals surface area contributed by atoms with E-state index in [1.165, 1.54) is 6.07 Å². The quantitative estimate of drug-likeness (QED) is 0.649. The third-order valence-corrected chi connectivity index (χ3v) is 2.52. The Balaban J connectivity index is 2.75. The van der Waals surface area contributed by atoms with E-state index >= 15 is 0 Å². The third kappa shape index (κ3) is 3.59. The zero-order chi connectivity index (χ0) is 13.9. The highest BCUT2D eigenvalue weighted by Gasteiger charge is 2.40. The minimum absolute atomic E-state index is 0.512. The first-order valence-electron chi connectivity index (χ1n) is 4.47. The van der Waals surface area contributed by atoms with Gasteiger partial charge in [-0.3, -0.25) is 0 Å². The Hall–Kier alpha value is -1.32. The lowest BCUT2D eigenvalue weighted by Crippen LogP contribution is -2.34. The lowest BCUT2D eigenvalue weighted by Gasteiger charge is -2.11. The summed E-state index contributed by atoms with van der Waals surface area (Å²) in [6.07, 6.45) is 0. The monoisotopic (exact) mass is 374 g/mol. The number of carboxylic acid groups (broad SMARTS) is 1. The van der Waals surface area contributed by atoms with Crippen molar-refractivity contribution in [1.82, 2.24) is 0 Å². The van der Waals surface area contributed by atoms with Gasteiger partial charge < -0.3 is 9.84 Å². The Morgan fingerprint density at radius 1 is 1.39 bits per heavy atom. The first-order chi connectivity index (χ1) is 8.24. The average Bonchev–Trinajstić information content (AvgIpc) is 2.25. The van der Waals surface area contributed by atoms with Crippen LogP contribution >= 0.6 is 22.6 Å². The molecule has 98 valence electrons. The van der Waals surface area contributed by atoms with Crippen molar-refractivity contribution in [2.45, 2.75) is 5.92 Å². The summed E-state index contributed by atoms with van der Waals surface area (Å²) in [7, 11) is 0. The van der Waals surface area contributed by atoms with Crippen LogP contribution in [0.5, 0.6) is 0 Å². The lowest BCUT2D eigenvalue weighted by molar-refractivity contribution is -0.170. The molecule has 0 aromatic heterocycles. The molecule has 1 N–H and O–H groups in total. The number of hydrogen-bond acceptors (Lipinski definition) is 3. The van der Waals surface area contributed by atoms with Gasteiger partial charge in [-0.25, -0.2) is 14.0 Å². The Kier molecular flexibility index (Phi) is 4.54. The molecule has 0 radical (unpaired) electrons. The maximum Gasteiger partial charge on any atom is 0.378 e. The summed E-state index contributed by atoms with van der Waals surface area (Å²) in [4.78, 5) is 21.3. The van der Waals surface area contributed by atoms with Crippen LogP contribution in [-0.4, -0.2) is 29.6 Å². The Bertz CT molecular complexity index is 490. The van der Waals surface area contributed by atoms with Crippen LogP contribution in [0.1, 0.15) is 10.4 Å². The number of halogens is 4. The van der Waals surface area contributed by atoms with Crippen molar-refractivity contribution in [3.8, 4) is 0 Å². The molecular formula is C10H6F3IO4. The first-order valence-corrected chi connectivity index (χ1v) is 5.55. The summed E-state index contributed by atoms with van der Waals surface area (Å²) >= 11 is 1.80. The number of ether oxygens (including phenoxy) is 1. The summed E-state index contributed by atoms with van der Waals surface area (Å²) in [5.74, 6) is -8.89. The van der Waals surface area contributed by atoms with Gasteiger partial charge in [0.15, 0.2) is 6.61 Å². The van der Waals surface area contributed by atoms with E-state index in [9.17, 15) is 22.8 Å². The topological polar surface area (TPSA) is 63.6 Å². The maximum absolute atomic E-state index is 13.3. The molecule has 0 spiro atoms. The molecule has 0 saturated carbocycles. The molecule has 0 unspecified atom stereocenters. The maximum atomic E-state index is 13.3. The predicted octanol–water partition coefficient (Wildman–Crippen LogP) is 2.31. The summed E-state index contributed by atoms with van der Waals surface area (Å²) in [6, 6.07) is 3.47. The minimum Gasteiger partial charge on any atom is -0.477 e. The number of rotatable bonds is 4. The van der Waals surface area contributed by atoms with Crippen molar-refractivity contribution in [2.24, 2.45) is 0 Å². The van der Waals surface area contributed by atoms with E-state index in [0.717, 1.165) is 12.1 Å². The Labute approximate surface area is 113 Å². The Morgan fingerprint density at radius 3 is 2.50 bits per heavy atom. The highest BCUT2D eigenvalue weighted by atomic mass is 127. The fraction of sp³-hybridized carbons (Fsp3) is 0.200. The standard InChI is InChI=1S/C10H6F3IO4/c11-7-3-5(14)1-2-6(7)8(15)18-4-10(12,13)9(16)17/h1-3H,4H2,(H,16,17). The van der Waals surface area contributed by atoms with Gasteiger partial charge in [0.25, 0.3) is 0 Å².